The van der Waals surface area contributed by atoms with Crippen LogP contribution in [-0.2, 0) is 20.7 Å². The van der Waals surface area contributed by atoms with Crippen LogP contribution >= 0.6 is 0 Å². The van der Waals surface area contributed by atoms with Gasteiger partial charge in [0.1, 0.15) is 5.41 Å². The number of Topliss-reactive ketones (excluding diaryl/α,β-unsaturated/α-hetero) is 1. The van der Waals surface area contributed by atoms with Gasteiger partial charge in [0.25, 0.3) is 0 Å². The Bertz CT molecular complexity index is 815. The molecule has 2 aliphatic rings. The number of carbonyl (C=O) groups is 2. The molecule has 0 bridgehead atoms. The first-order valence-corrected chi connectivity index (χ1v) is 8.58. The summed E-state index contributed by atoms with van der Waals surface area (Å²) >= 11 is 0. The molecular formula is C19H22N2O3. The van der Waals surface area contributed by atoms with Crippen LogP contribution in [0.15, 0.2) is 24.3 Å². The van der Waals surface area contributed by atoms with Crippen LogP contribution in [0.3, 0.4) is 0 Å². The normalized spacial score (nSPS) is 26.9. The molecule has 5 heteroatoms. The van der Waals surface area contributed by atoms with Crippen LogP contribution in [0.25, 0.3) is 10.9 Å². The van der Waals surface area contributed by atoms with Gasteiger partial charge < -0.3 is 9.72 Å². The molecule has 1 aromatic heterocycles. The van der Waals surface area contributed by atoms with Crippen LogP contribution in [0, 0.1) is 5.41 Å². The smallest absolute Gasteiger partial charge is 0.321 e. The number of nitrogens with one attached hydrogen (secondary N) is 1. The first kappa shape index (κ1) is 15.4. The highest BCUT2D eigenvalue weighted by Gasteiger charge is 2.58. The van der Waals surface area contributed by atoms with E-state index in [1.807, 2.05) is 19.1 Å². The fourth-order valence-electron chi connectivity index (χ4n) is 4.65. The molecule has 0 aliphatic carbocycles. The largest absolute Gasteiger partial charge is 0.468 e. The molecule has 2 aromatic rings. The molecule has 0 spiro atoms. The predicted molar refractivity (Wildman–Crippen MR) is 90.7 cm³/mol. The maximum Gasteiger partial charge on any atom is 0.321 e. The number of nitrogens with zero attached hydrogens (tertiary/aromatic N) is 1. The van der Waals surface area contributed by atoms with Gasteiger partial charge in [-0.3, -0.25) is 14.5 Å². The lowest BCUT2D eigenvalue weighted by molar-refractivity contribution is -0.168. The second-order valence-corrected chi connectivity index (χ2v) is 6.74. The maximum atomic E-state index is 12.9. The molecular weight excluding hydrogens is 304 g/mol. The molecule has 24 heavy (non-hydrogen) atoms. The van der Waals surface area contributed by atoms with Crippen LogP contribution in [0.4, 0.5) is 0 Å². The number of aromatic amines is 1. The zero-order chi connectivity index (χ0) is 16.9. The average molecular weight is 326 g/mol. The standard InChI is InChI=1S/C19H22N2O3/c1-3-19(18(23)24-2)15(22)9-11-21-10-8-13-12-6-4-5-7-14(12)20-16(13)17(19)21/h4-7,17,20H,3,8-11H2,1-2H3/t17-,19+/m0/s1. The molecule has 126 valence electrons. The van der Waals surface area contributed by atoms with Crippen molar-refractivity contribution in [2.45, 2.75) is 32.2 Å². The summed E-state index contributed by atoms with van der Waals surface area (Å²) in [7, 11) is 1.38. The molecule has 0 radical (unpaired) electrons. The Morgan fingerprint density at radius 2 is 2.08 bits per heavy atom. The Hall–Kier alpha value is -2.14. The fourth-order valence-corrected chi connectivity index (χ4v) is 4.65. The minimum atomic E-state index is -1.11. The van der Waals surface area contributed by atoms with Crippen LogP contribution in [0.2, 0.25) is 0 Å². The van der Waals surface area contributed by atoms with Crippen molar-refractivity contribution in [3.8, 4) is 0 Å². The molecule has 1 fully saturated rings. The summed E-state index contributed by atoms with van der Waals surface area (Å²) in [6.45, 7) is 3.48. The van der Waals surface area contributed by atoms with Gasteiger partial charge in [0.2, 0.25) is 0 Å². The minimum absolute atomic E-state index is 0.00426. The van der Waals surface area contributed by atoms with Crippen molar-refractivity contribution in [1.29, 1.82) is 0 Å². The number of hydrogen-bond acceptors (Lipinski definition) is 4. The van der Waals surface area contributed by atoms with E-state index in [1.54, 1.807) is 0 Å². The number of aromatic nitrogens is 1. The van der Waals surface area contributed by atoms with E-state index in [9.17, 15) is 9.59 Å². The number of para-hydroxylation sites is 1. The summed E-state index contributed by atoms with van der Waals surface area (Å²) < 4.78 is 5.09. The van der Waals surface area contributed by atoms with E-state index in [1.165, 1.54) is 18.1 Å². The zero-order valence-corrected chi connectivity index (χ0v) is 14.1. The molecule has 4 rings (SSSR count). The first-order chi connectivity index (χ1) is 11.6. The third-order valence-corrected chi connectivity index (χ3v) is 5.83. The van der Waals surface area contributed by atoms with Crippen LogP contribution < -0.4 is 0 Å². The number of carbonyl (C=O) groups excluding carboxylic acids is 2. The van der Waals surface area contributed by atoms with E-state index in [0.717, 1.165) is 24.2 Å². The van der Waals surface area contributed by atoms with Gasteiger partial charge >= 0.3 is 5.97 Å². The molecule has 2 atom stereocenters. The highest BCUT2D eigenvalue weighted by atomic mass is 16.5. The number of H-pyrrole nitrogens is 1. The predicted octanol–water partition coefficient (Wildman–Crippen LogP) is 2.61. The van der Waals surface area contributed by atoms with Crippen LogP contribution in [0.5, 0.6) is 0 Å². The lowest BCUT2D eigenvalue weighted by Gasteiger charge is -2.48. The number of piperidine rings is 1. The molecule has 0 saturated carbocycles. The van der Waals surface area contributed by atoms with Crippen molar-refractivity contribution in [1.82, 2.24) is 9.88 Å². The van der Waals surface area contributed by atoms with E-state index >= 15 is 0 Å². The maximum absolute atomic E-state index is 12.9. The third kappa shape index (κ3) is 1.85. The van der Waals surface area contributed by atoms with Crippen molar-refractivity contribution < 1.29 is 14.3 Å². The zero-order valence-electron chi connectivity index (χ0n) is 14.1. The van der Waals surface area contributed by atoms with Gasteiger partial charge in [-0.2, -0.15) is 0 Å². The summed E-state index contributed by atoms with van der Waals surface area (Å²) in [5, 5.41) is 1.19. The molecule has 0 amide bonds. The summed E-state index contributed by atoms with van der Waals surface area (Å²) in [5.74, 6) is -0.402. The highest BCUT2D eigenvalue weighted by molar-refractivity contribution is 6.05. The Kier molecular flexibility index (Phi) is 3.49. The van der Waals surface area contributed by atoms with Crippen molar-refractivity contribution in [3.05, 3.63) is 35.5 Å². The van der Waals surface area contributed by atoms with E-state index in [-0.39, 0.29) is 11.8 Å². The number of esters is 1. The number of ketones is 1. The van der Waals surface area contributed by atoms with Crippen molar-refractivity contribution >= 4 is 22.7 Å². The summed E-state index contributed by atoms with van der Waals surface area (Å²) in [5.41, 5.74) is 2.21. The number of rotatable bonds is 2. The second-order valence-electron chi connectivity index (χ2n) is 6.74. The molecule has 5 nitrogen and oxygen atoms in total. The lowest BCUT2D eigenvalue weighted by atomic mass is 9.67. The fraction of sp³-hybridized carbons (Fsp3) is 0.474. The SMILES string of the molecule is CC[C@@]1(C(=O)OC)C(=O)CCN2CCc3c([nH]c4ccccc34)[C@H]21. The average Bonchev–Trinajstić information content (AvgIpc) is 3.00. The van der Waals surface area contributed by atoms with Crippen LogP contribution in [0.1, 0.15) is 37.1 Å². The van der Waals surface area contributed by atoms with Crippen molar-refractivity contribution in [3.63, 3.8) is 0 Å². The Morgan fingerprint density at radius 1 is 1.33 bits per heavy atom. The Morgan fingerprint density at radius 3 is 2.83 bits per heavy atom. The van der Waals surface area contributed by atoms with Gasteiger partial charge in [-0.05, 0) is 24.5 Å². The lowest BCUT2D eigenvalue weighted by Crippen LogP contribution is -2.57. The van der Waals surface area contributed by atoms with Crippen LogP contribution in [-0.4, -0.2) is 41.8 Å². The number of benzene rings is 1. The first-order valence-electron chi connectivity index (χ1n) is 8.58. The summed E-state index contributed by atoms with van der Waals surface area (Å²) in [4.78, 5) is 31.4. The molecule has 2 aliphatic heterocycles. The van der Waals surface area contributed by atoms with Gasteiger partial charge in [-0.15, -0.1) is 0 Å². The van der Waals surface area contributed by atoms with Gasteiger partial charge in [0.15, 0.2) is 5.78 Å². The quantitative estimate of drug-likeness (QED) is 0.681. The van der Waals surface area contributed by atoms with E-state index < -0.39 is 11.4 Å². The van der Waals surface area contributed by atoms with Gasteiger partial charge in [-0.1, -0.05) is 25.1 Å². The number of methoxy groups -OCH3 is 1. The Balaban J connectivity index is 1.96. The number of fused-ring (bicyclic) bond motifs is 5. The molecule has 1 saturated heterocycles. The molecule has 1 aromatic carbocycles. The summed E-state index contributed by atoms with van der Waals surface area (Å²) in [6, 6.07) is 7.93. The monoisotopic (exact) mass is 326 g/mol. The Labute approximate surface area is 141 Å². The van der Waals surface area contributed by atoms with E-state index in [2.05, 4.69) is 22.0 Å². The van der Waals surface area contributed by atoms with Gasteiger partial charge in [0.05, 0.1) is 13.2 Å². The van der Waals surface area contributed by atoms with E-state index in [0.29, 0.717) is 19.4 Å². The molecule has 0 unspecified atom stereocenters. The minimum Gasteiger partial charge on any atom is -0.468 e. The van der Waals surface area contributed by atoms with Gasteiger partial charge in [-0.25, -0.2) is 0 Å². The number of hydrogen-bond donors (Lipinski definition) is 1. The highest BCUT2D eigenvalue weighted by Crippen LogP contribution is 2.50. The topological polar surface area (TPSA) is 62.4 Å². The number of ether oxygens (including phenoxy) is 1. The summed E-state index contributed by atoms with van der Waals surface area (Å²) in [6.07, 6.45) is 1.80. The van der Waals surface area contributed by atoms with E-state index in [4.69, 9.17) is 4.74 Å². The van der Waals surface area contributed by atoms with Crippen molar-refractivity contribution in [2.75, 3.05) is 20.2 Å². The second kappa shape index (κ2) is 5.45. The molecule has 1 N–H and O–H groups in total. The molecule has 3 heterocycles. The van der Waals surface area contributed by atoms with Gasteiger partial charge in [0, 0.05) is 36.1 Å². The third-order valence-electron chi connectivity index (χ3n) is 5.83. The van der Waals surface area contributed by atoms with Crippen molar-refractivity contribution in [2.24, 2.45) is 5.41 Å².